The average Bonchev–Trinajstić information content (AvgIpc) is 2.63. The van der Waals surface area contributed by atoms with E-state index in [1.54, 1.807) is 0 Å². The molecule has 17 heavy (non-hydrogen) atoms. The Labute approximate surface area is 111 Å². The summed E-state index contributed by atoms with van der Waals surface area (Å²) in [6.07, 6.45) is 12.2. The number of rotatable bonds is 4. The van der Waals surface area contributed by atoms with Crippen LogP contribution in [0.4, 0.5) is 0 Å². The SMILES string of the molecule is C[N+]1=C2C=CC=CC2C(CCCCBr)C1=C=N. The monoisotopic (exact) mass is 293 g/mol. The Bertz CT molecular complexity index is 439. The molecule has 0 bridgehead atoms. The van der Waals surface area contributed by atoms with Crippen molar-refractivity contribution in [3.8, 4) is 0 Å². The van der Waals surface area contributed by atoms with Gasteiger partial charge >= 0.3 is 0 Å². The van der Waals surface area contributed by atoms with Crippen LogP contribution in [0.5, 0.6) is 0 Å². The van der Waals surface area contributed by atoms with Gasteiger partial charge in [0.05, 0.1) is 17.7 Å². The standard InChI is InChI=1S/C14H18BrN2/c1-17-13-8-3-2-6-11(13)12(14(17)10-16)7-4-5-9-15/h2-3,6,8,11-12,16H,4-5,7,9H2,1H3/q+1. The number of unbranched alkanes of at least 4 members (excludes halogenated alkanes) is 1. The molecule has 3 heteroatoms. The van der Waals surface area contributed by atoms with Gasteiger partial charge in [-0.15, -0.1) is 0 Å². The lowest BCUT2D eigenvalue weighted by Crippen LogP contribution is -2.17. The Morgan fingerprint density at radius 2 is 2.24 bits per heavy atom. The van der Waals surface area contributed by atoms with Crippen molar-refractivity contribution in [3.05, 3.63) is 30.0 Å². The summed E-state index contributed by atoms with van der Waals surface area (Å²) in [6, 6.07) is 0. The van der Waals surface area contributed by atoms with Crippen LogP contribution in [0.3, 0.4) is 0 Å². The molecule has 0 saturated carbocycles. The Balaban J connectivity index is 2.20. The summed E-state index contributed by atoms with van der Waals surface area (Å²) in [5.41, 5.74) is 2.35. The minimum absolute atomic E-state index is 0.438. The van der Waals surface area contributed by atoms with Crippen LogP contribution in [0.15, 0.2) is 30.0 Å². The van der Waals surface area contributed by atoms with Crippen LogP contribution in [0, 0.1) is 17.2 Å². The molecule has 2 unspecified atom stereocenters. The lowest BCUT2D eigenvalue weighted by Gasteiger charge is -2.13. The van der Waals surface area contributed by atoms with E-state index in [2.05, 4.69) is 50.7 Å². The topological polar surface area (TPSA) is 26.9 Å². The predicted octanol–water partition coefficient (Wildman–Crippen LogP) is 3.14. The third-order valence-corrected chi connectivity index (χ3v) is 4.16. The molecule has 0 aromatic heterocycles. The minimum atomic E-state index is 0.438. The van der Waals surface area contributed by atoms with Gasteiger partial charge in [0.15, 0.2) is 5.71 Å². The van der Waals surface area contributed by atoms with Gasteiger partial charge in [-0.3, -0.25) is 5.41 Å². The first-order valence-corrected chi connectivity index (χ1v) is 7.22. The van der Waals surface area contributed by atoms with Crippen LogP contribution >= 0.6 is 15.9 Å². The fourth-order valence-corrected chi connectivity index (χ4v) is 3.13. The van der Waals surface area contributed by atoms with E-state index in [4.69, 9.17) is 5.41 Å². The highest BCUT2D eigenvalue weighted by atomic mass is 79.9. The summed E-state index contributed by atoms with van der Waals surface area (Å²) in [6.45, 7) is 0. The van der Waals surface area contributed by atoms with Crippen molar-refractivity contribution in [1.29, 1.82) is 5.41 Å². The maximum atomic E-state index is 7.49. The zero-order valence-corrected chi connectivity index (χ0v) is 11.7. The molecule has 1 aliphatic heterocycles. The van der Waals surface area contributed by atoms with Crippen LogP contribution in [0.1, 0.15) is 19.3 Å². The number of fused-ring (bicyclic) bond motifs is 1. The third-order valence-electron chi connectivity index (χ3n) is 3.60. The first-order valence-electron chi connectivity index (χ1n) is 6.10. The number of hydrogen-bond acceptors (Lipinski definition) is 1. The van der Waals surface area contributed by atoms with E-state index in [-0.39, 0.29) is 0 Å². The fraction of sp³-hybridized carbons (Fsp3) is 0.500. The Hall–Kier alpha value is -0.920. The van der Waals surface area contributed by atoms with Crippen LogP contribution in [0.2, 0.25) is 0 Å². The number of halogens is 1. The number of nitrogens with one attached hydrogen (secondary N) is 1. The molecule has 0 radical (unpaired) electrons. The molecule has 2 atom stereocenters. The van der Waals surface area contributed by atoms with Crippen LogP contribution in [-0.4, -0.2) is 28.5 Å². The Kier molecular flexibility index (Phi) is 4.14. The van der Waals surface area contributed by atoms with Gasteiger partial charge in [-0.2, -0.15) is 4.58 Å². The van der Waals surface area contributed by atoms with Crippen molar-refractivity contribution in [2.24, 2.45) is 11.8 Å². The summed E-state index contributed by atoms with van der Waals surface area (Å²) in [7, 11) is 2.05. The highest BCUT2D eigenvalue weighted by Crippen LogP contribution is 2.35. The first-order chi connectivity index (χ1) is 8.29. The molecule has 2 nitrogen and oxygen atoms in total. The number of hydrogen-bond donors (Lipinski definition) is 1. The fourth-order valence-electron chi connectivity index (χ4n) is 2.73. The van der Waals surface area contributed by atoms with E-state index in [1.807, 2.05) is 7.05 Å². The molecule has 2 aliphatic rings. The van der Waals surface area contributed by atoms with Crippen molar-refractivity contribution in [2.75, 3.05) is 12.4 Å². The van der Waals surface area contributed by atoms with Gasteiger partial charge in [0.25, 0.3) is 0 Å². The van der Waals surface area contributed by atoms with E-state index in [0.29, 0.717) is 11.8 Å². The maximum absolute atomic E-state index is 7.49. The summed E-state index contributed by atoms with van der Waals surface area (Å²) >= 11 is 3.47. The second-order valence-electron chi connectivity index (χ2n) is 4.56. The zero-order valence-electron chi connectivity index (χ0n) is 10.1. The van der Waals surface area contributed by atoms with Gasteiger partial charge in [-0.25, -0.2) is 0 Å². The van der Waals surface area contributed by atoms with Crippen LogP contribution < -0.4 is 0 Å². The molecule has 1 N–H and O–H groups in total. The van der Waals surface area contributed by atoms with E-state index in [0.717, 1.165) is 17.4 Å². The van der Waals surface area contributed by atoms with Gasteiger partial charge in [0, 0.05) is 11.4 Å². The normalized spacial score (nSPS) is 26.4. The summed E-state index contributed by atoms with van der Waals surface area (Å²) in [4.78, 5) is 0. The molecule has 0 saturated heterocycles. The van der Waals surface area contributed by atoms with Gasteiger partial charge in [-0.1, -0.05) is 40.6 Å². The molecular weight excluding hydrogens is 276 g/mol. The van der Waals surface area contributed by atoms with Crippen molar-refractivity contribution in [2.45, 2.75) is 19.3 Å². The second-order valence-corrected chi connectivity index (χ2v) is 5.35. The molecule has 2 rings (SSSR count). The molecule has 0 spiro atoms. The van der Waals surface area contributed by atoms with Crippen molar-refractivity contribution in [1.82, 2.24) is 0 Å². The summed E-state index contributed by atoms with van der Waals surface area (Å²) < 4.78 is 2.14. The zero-order chi connectivity index (χ0) is 12.3. The van der Waals surface area contributed by atoms with Gasteiger partial charge in [0.2, 0.25) is 5.70 Å². The van der Waals surface area contributed by atoms with E-state index in [1.165, 1.54) is 18.6 Å². The van der Waals surface area contributed by atoms with Gasteiger partial charge < -0.3 is 0 Å². The maximum Gasteiger partial charge on any atom is 0.247 e. The highest BCUT2D eigenvalue weighted by Gasteiger charge is 2.42. The predicted molar refractivity (Wildman–Crippen MR) is 75.3 cm³/mol. The molecule has 0 amide bonds. The largest absolute Gasteiger partial charge is 0.253 e. The molecule has 0 fully saturated rings. The summed E-state index contributed by atoms with van der Waals surface area (Å²) in [5.74, 6) is 3.53. The second kappa shape index (κ2) is 5.61. The smallest absolute Gasteiger partial charge is 0.247 e. The average molecular weight is 294 g/mol. The van der Waals surface area contributed by atoms with Crippen LogP contribution in [0.25, 0.3) is 0 Å². The third kappa shape index (κ3) is 2.36. The molecule has 0 aromatic rings. The van der Waals surface area contributed by atoms with Gasteiger partial charge in [-0.05, 0) is 12.8 Å². The van der Waals surface area contributed by atoms with Crippen molar-refractivity contribution >= 4 is 27.5 Å². The highest BCUT2D eigenvalue weighted by molar-refractivity contribution is 9.09. The molecule has 1 heterocycles. The first kappa shape index (κ1) is 12.5. The molecule has 90 valence electrons. The lowest BCUT2D eigenvalue weighted by atomic mass is 9.84. The molecular formula is C14H18BrN2+. The van der Waals surface area contributed by atoms with E-state index >= 15 is 0 Å². The molecule has 0 aromatic carbocycles. The van der Waals surface area contributed by atoms with Gasteiger partial charge in [0.1, 0.15) is 7.05 Å². The summed E-state index contributed by atoms with van der Waals surface area (Å²) in [5, 5.41) is 8.56. The van der Waals surface area contributed by atoms with Crippen LogP contribution in [-0.2, 0) is 0 Å². The Morgan fingerprint density at radius 3 is 2.94 bits per heavy atom. The molecule has 1 aliphatic carbocycles. The van der Waals surface area contributed by atoms with E-state index < -0.39 is 0 Å². The van der Waals surface area contributed by atoms with E-state index in [9.17, 15) is 0 Å². The quantitative estimate of drug-likeness (QED) is 0.357. The number of alkyl halides is 1. The van der Waals surface area contributed by atoms with Crippen molar-refractivity contribution < 1.29 is 4.58 Å². The lowest BCUT2D eigenvalue weighted by molar-refractivity contribution is -0.439. The Morgan fingerprint density at radius 1 is 1.41 bits per heavy atom. The number of allylic oxidation sites excluding steroid dienone is 5. The number of nitrogens with zero attached hydrogens (tertiary/aromatic N) is 1. The van der Waals surface area contributed by atoms with Crippen molar-refractivity contribution in [3.63, 3.8) is 0 Å². The minimum Gasteiger partial charge on any atom is -0.253 e.